The fourth-order valence-corrected chi connectivity index (χ4v) is 1.78. The van der Waals surface area contributed by atoms with Crippen LogP contribution in [-0.4, -0.2) is 36.9 Å². The zero-order valence-electron chi connectivity index (χ0n) is 13.2. The topological polar surface area (TPSA) is 75.4 Å². The highest BCUT2D eigenvalue weighted by Crippen LogP contribution is 2.13. The number of nitrogens with one attached hydrogen (secondary N) is 1. The SMILES string of the molecule is CCC(C)C(N)C(=O)Nc1ccc(CC(=O)N(C)C)cc1. The second-order valence-electron chi connectivity index (χ2n) is 5.56. The number of rotatable bonds is 6. The highest BCUT2D eigenvalue weighted by molar-refractivity contribution is 5.94. The van der Waals surface area contributed by atoms with Gasteiger partial charge in [-0.25, -0.2) is 0 Å². The van der Waals surface area contributed by atoms with E-state index in [-0.39, 0.29) is 17.7 Å². The Morgan fingerprint density at radius 2 is 1.81 bits per heavy atom. The van der Waals surface area contributed by atoms with Gasteiger partial charge in [0.1, 0.15) is 0 Å². The van der Waals surface area contributed by atoms with Crippen LogP contribution >= 0.6 is 0 Å². The minimum absolute atomic E-state index is 0.0468. The van der Waals surface area contributed by atoms with Crippen molar-refractivity contribution in [3.8, 4) is 0 Å². The first-order valence-corrected chi connectivity index (χ1v) is 7.20. The molecule has 0 aromatic heterocycles. The van der Waals surface area contributed by atoms with E-state index in [1.807, 2.05) is 26.0 Å². The van der Waals surface area contributed by atoms with Crippen molar-refractivity contribution in [2.45, 2.75) is 32.7 Å². The van der Waals surface area contributed by atoms with Gasteiger partial charge in [-0.1, -0.05) is 32.4 Å². The van der Waals surface area contributed by atoms with Crippen molar-refractivity contribution >= 4 is 17.5 Å². The number of likely N-dealkylation sites (N-methyl/N-ethyl adjacent to an activating group) is 1. The summed E-state index contributed by atoms with van der Waals surface area (Å²) in [6, 6.07) is 6.75. The van der Waals surface area contributed by atoms with Crippen LogP contribution < -0.4 is 11.1 Å². The Morgan fingerprint density at radius 1 is 1.24 bits per heavy atom. The first-order valence-electron chi connectivity index (χ1n) is 7.20. The summed E-state index contributed by atoms with van der Waals surface area (Å²) in [4.78, 5) is 25.1. The molecule has 2 amide bonds. The number of amides is 2. The van der Waals surface area contributed by atoms with Crippen LogP contribution in [0.25, 0.3) is 0 Å². The Labute approximate surface area is 126 Å². The Morgan fingerprint density at radius 3 is 2.29 bits per heavy atom. The van der Waals surface area contributed by atoms with E-state index in [4.69, 9.17) is 5.73 Å². The molecule has 0 bridgehead atoms. The van der Waals surface area contributed by atoms with Gasteiger partial charge in [-0.15, -0.1) is 0 Å². The van der Waals surface area contributed by atoms with Gasteiger partial charge in [0.15, 0.2) is 0 Å². The lowest BCUT2D eigenvalue weighted by Gasteiger charge is -2.17. The molecule has 116 valence electrons. The van der Waals surface area contributed by atoms with Gasteiger partial charge in [-0.05, 0) is 23.6 Å². The Balaban J connectivity index is 2.62. The van der Waals surface area contributed by atoms with E-state index in [1.54, 1.807) is 31.1 Å². The smallest absolute Gasteiger partial charge is 0.241 e. The standard InChI is InChI=1S/C16H25N3O2/c1-5-11(2)15(17)16(21)18-13-8-6-12(7-9-13)10-14(20)19(3)4/h6-9,11,15H,5,10,17H2,1-4H3,(H,18,21). The summed E-state index contributed by atoms with van der Waals surface area (Å²) < 4.78 is 0. The molecule has 0 spiro atoms. The molecule has 21 heavy (non-hydrogen) atoms. The molecule has 0 heterocycles. The number of carbonyl (C=O) groups excluding carboxylic acids is 2. The van der Waals surface area contributed by atoms with Gasteiger partial charge in [0.05, 0.1) is 12.5 Å². The van der Waals surface area contributed by atoms with E-state index in [0.29, 0.717) is 12.1 Å². The fraction of sp³-hybridized carbons (Fsp3) is 0.500. The number of hydrogen-bond acceptors (Lipinski definition) is 3. The molecule has 2 unspecified atom stereocenters. The van der Waals surface area contributed by atoms with Crippen LogP contribution in [0.1, 0.15) is 25.8 Å². The summed E-state index contributed by atoms with van der Waals surface area (Å²) in [7, 11) is 3.46. The quantitative estimate of drug-likeness (QED) is 0.836. The maximum absolute atomic E-state index is 12.0. The molecule has 5 nitrogen and oxygen atoms in total. The zero-order chi connectivity index (χ0) is 16.0. The highest BCUT2D eigenvalue weighted by atomic mass is 16.2. The first kappa shape index (κ1) is 17.2. The van der Waals surface area contributed by atoms with Gasteiger partial charge in [0, 0.05) is 19.8 Å². The van der Waals surface area contributed by atoms with Gasteiger partial charge in [-0.2, -0.15) is 0 Å². The van der Waals surface area contributed by atoms with Crippen LogP contribution in [0, 0.1) is 5.92 Å². The molecular weight excluding hydrogens is 266 g/mol. The lowest BCUT2D eigenvalue weighted by atomic mass is 9.99. The van der Waals surface area contributed by atoms with Crippen molar-refractivity contribution in [1.29, 1.82) is 0 Å². The monoisotopic (exact) mass is 291 g/mol. The molecule has 1 aromatic carbocycles. The van der Waals surface area contributed by atoms with Gasteiger partial charge in [0.25, 0.3) is 0 Å². The molecule has 3 N–H and O–H groups in total. The van der Waals surface area contributed by atoms with Crippen molar-refractivity contribution in [1.82, 2.24) is 4.90 Å². The van der Waals surface area contributed by atoms with E-state index in [1.165, 1.54) is 0 Å². The normalized spacial score (nSPS) is 13.4. The second kappa shape index (κ2) is 7.78. The van der Waals surface area contributed by atoms with Crippen molar-refractivity contribution in [2.75, 3.05) is 19.4 Å². The number of carbonyl (C=O) groups is 2. The van der Waals surface area contributed by atoms with Crippen molar-refractivity contribution in [3.05, 3.63) is 29.8 Å². The van der Waals surface area contributed by atoms with E-state index >= 15 is 0 Å². The maximum atomic E-state index is 12.0. The summed E-state index contributed by atoms with van der Waals surface area (Å²) >= 11 is 0. The molecular formula is C16H25N3O2. The number of benzene rings is 1. The Bertz CT molecular complexity index is 483. The highest BCUT2D eigenvalue weighted by Gasteiger charge is 2.19. The van der Waals surface area contributed by atoms with Gasteiger partial charge >= 0.3 is 0 Å². The first-order chi connectivity index (χ1) is 9.85. The molecule has 0 fully saturated rings. The Kier molecular flexibility index (Phi) is 6.37. The number of hydrogen-bond donors (Lipinski definition) is 2. The van der Waals surface area contributed by atoms with Crippen LogP contribution in [0.15, 0.2) is 24.3 Å². The lowest BCUT2D eigenvalue weighted by molar-refractivity contribution is -0.128. The van der Waals surface area contributed by atoms with E-state index in [0.717, 1.165) is 12.0 Å². The predicted molar refractivity (Wildman–Crippen MR) is 84.9 cm³/mol. The van der Waals surface area contributed by atoms with E-state index in [9.17, 15) is 9.59 Å². The Hall–Kier alpha value is -1.88. The molecule has 5 heteroatoms. The maximum Gasteiger partial charge on any atom is 0.241 e. The summed E-state index contributed by atoms with van der Waals surface area (Å²) in [5.74, 6) is 0.00836. The third kappa shape index (κ3) is 5.19. The largest absolute Gasteiger partial charge is 0.349 e. The summed E-state index contributed by atoms with van der Waals surface area (Å²) in [5, 5.41) is 2.80. The summed E-state index contributed by atoms with van der Waals surface area (Å²) in [5.41, 5.74) is 7.49. The van der Waals surface area contributed by atoms with Crippen LogP contribution in [0.3, 0.4) is 0 Å². The zero-order valence-corrected chi connectivity index (χ0v) is 13.2. The van der Waals surface area contributed by atoms with Crippen molar-refractivity contribution < 1.29 is 9.59 Å². The van der Waals surface area contributed by atoms with Gasteiger partial charge < -0.3 is 16.0 Å². The molecule has 1 aromatic rings. The van der Waals surface area contributed by atoms with Crippen molar-refractivity contribution in [3.63, 3.8) is 0 Å². The van der Waals surface area contributed by atoms with Crippen LogP contribution in [0.5, 0.6) is 0 Å². The van der Waals surface area contributed by atoms with E-state index in [2.05, 4.69) is 5.32 Å². The molecule has 0 aliphatic heterocycles. The summed E-state index contributed by atoms with van der Waals surface area (Å²) in [6.07, 6.45) is 1.22. The van der Waals surface area contributed by atoms with Crippen LogP contribution in [-0.2, 0) is 16.0 Å². The summed E-state index contributed by atoms with van der Waals surface area (Å²) in [6.45, 7) is 3.97. The second-order valence-corrected chi connectivity index (χ2v) is 5.56. The number of nitrogens with two attached hydrogens (primary N) is 1. The molecule has 0 saturated carbocycles. The minimum atomic E-state index is -0.509. The molecule has 2 atom stereocenters. The van der Waals surface area contributed by atoms with Gasteiger partial charge in [-0.3, -0.25) is 9.59 Å². The molecule has 0 radical (unpaired) electrons. The predicted octanol–water partition coefficient (Wildman–Crippen LogP) is 1.63. The lowest BCUT2D eigenvalue weighted by Crippen LogP contribution is -2.40. The third-order valence-electron chi connectivity index (χ3n) is 3.64. The minimum Gasteiger partial charge on any atom is -0.349 e. The van der Waals surface area contributed by atoms with Gasteiger partial charge in [0.2, 0.25) is 11.8 Å². The molecule has 1 rings (SSSR count). The molecule has 0 aliphatic carbocycles. The molecule has 0 aliphatic rings. The number of nitrogens with zero attached hydrogens (tertiary/aromatic N) is 1. The van der Waals surface area contributed by atoms with E-state index < -0.39 is 6.04 Å². The number of anilines is 1. The van der Waals surface area contributed by atoms with Crippen molar-refractivity contribution in [2.24, 2.45) is 11.7 Å². The average Bonchev–Trinajstić information content (AvgIpc) is 2.47. The third-order valence-corrected chi connectivity index (χ3v) is 3.64. The average molecular weight is 291 g/mol. The fourth-order valence-electron chi connectivity index (χ4n) is 1.78. The van der Waals surface area contributed by atoms with Crippen LogP contribution in [0.2, 0.25) is 0 Å². The molecule has 0 saturated heterocycles. The van der Waals surface area contributed by atoms with Crippen LogP contribution in [0.4, 0.5) is 5.69 Å².